The number of allylic oxidation sites excluding steroid dienone is 4. The first-order valence-electron chi connectivity index (χ1n) is 23.7. The van der Waals surface area contributed by atoms with E-state index in [9.17, 15) is 34.2 Å². The second-order valence-electron chi connectivity index (χ2n) is 22.3. The zero-order chi connectivity index (χ0) is 47.1. The molecule has 1 aromatic heterocycles. The standard InChI is InChI=1S/C51H66FN3O10/c1-26-36-40(43(63-10)41(39(26)52)53-24-28-12-11-21-54(34(28)25-53)46(61)65-47(3,4)5)55(30-14-15-30)27(2)37(42(36)58)44(59)64-48(6,7)45(60)51(62)20-18-33-32-16-13-29-22-31(56)17-19-49(29,8)38(32)35(57)23-50(33,51)9/h17,19,22,28,30,32-35,38,57,62H,11-16,18,20-21,23-25H2,1-10H3/t28?,32-,33-,34?,35-,38+,49-,50-,51-/m0/s1. The maximum Gasteiger partial charge on any atom is 0.410 e. The summed E-state index contributed by atoms with van der Waals surface area (Å²) in [6.45, 7) is 16.8. The Balaban J connectivity index is 1.03. The molecule has 5 aliphatic carbocycles. The number of rotatable bonds is 7. The Labute approximate surface area is 380 Å². The molecule has 4 saturated carbocycles. The molecule has 3 heterocycles. The molecule has 2 N–H and O–H groups in total. The summed E-state index contributed by atoms with van der Waals surface area (Å²) in [5.41, 5.74) is -5.27. The normalized spacial score (nSPS) is 33.2. The van der Waals surface area contributed by atoms with Crippen molar-refractivity contribution in [2.75, 3.05) is 31.6 Å². The summed E-state index contributed by atoms with van der Waals surface area (Å²) in [6.07, 6.45) is 9.20. The quantitative estimate of drug-likeness (QED) is 0.265. The van der Waals surface area contributed by atoms with Crippen LogP contribution in [0.15, 0.2) is 28.6 Å². The van der Waals surface area contributed by atoms with Crippen LogP contribution in [-0.4, -0.2) is 99.0 Å². The van der Waals surface area contributed by atoms with Gasteiger partial charge in [-0.15, -0.1) is 0 Å². The number of hydrogen-bond acceptors (Lipinski definition) is 11. The van der Waals surface area contributed by atoms with Crippen LogP contribution in [0, 0.1) is 54.2 Å². The number of nitrogens with zero attached hydrogens (tertiary/aromatic N) is 3. The fourth-order valence-corrected chi connectivity index (χ4v) is 13.8. The number of amides is 1. The van der Waals surface area contributed by atoms with Crippen molar-refractivity contribution >= 4 is 40.2 Å². The first kappa shape index (κ1) is 45.6. The molecule has 6 fully saturated rings. The Bertz CT molecular complexity index is 2530. The van der Waals surface area contributed by atoms with Gasteiger partial charge in [0, 0.05) is 53.7 Å². The third kappa shape index (κ3) is 6.83. The topological polar surface area (TPSA) is 165 Å². The van der Waals surface area contributed by atoms with E-state index in [-0.39, 0.29) is 82.3 Å². The number of aliphatic hydroxyl groups excluding tert-OH is 1. The predicted octanol–water partition coefficient (Wildman–Crippen LogP) is 7.45. The second kappa shape index (κ2) is 15.2. The zero-order valence-electron chi connectivity index (χ0n) is 39.6. The van der Waals surface area contributed by atoms with Gasteiger partial charge in [-0.1, -0.05) is 25.5 Å². The van der Waals surface area contributed by atoms with E-state index in [0.29, 0.717) is 50.1 Å². The monoisotopic (exact) mass is 899 g/mol. The Morgan fingerprint density at radius 1 is 0.969 bits per heavy atom. The number of Topliss-reactive ketones (excluding diaryl/α,β-unsaturated/α-hetero) is 1. The van der Waals surface area contributed by atoms with Crippen LogP contribution in [0.1, 0.15) is 134 Å². The Morgan fingerprint density at radius 3 is 2.34 bits per heavy atom. The third-order valence-corrected chi connectivity index (χ3v) is 17.0. The number of ketones is 2. The highest BCUT2D eigenvalue weighted by molar-refractivity contribution is 6.03. The van der Waals surface area contributed by atoms with Gasteiger partial charge in [0.25, 0.3) is 0 Å². The summed E-state index contributed by atoms with van der Waals surface area (Å²) in [5, 5.41) is 24.6. The van der Waals surface area contributed by atoms with Crippen LogP contribution in [0.2, 0.25) is 0 Å². The van der Waals surface area contributed by atoms with E-state index in [1.165, 1.54) is 27.9 Å². The maximum absolute atomic E-state index is 17.2. The molecular formula is C51H66FN3O10. The average molecular weight is 900 g/mol. The number of likely N-dealkylation sites (tertiary alicyclic amines) is 1. The van der Waals surface area contributed by atoms with Crippen molar-refractivity contribution < 1.29 is 48.0 Å². The number of aryl methyl sites for hydroxylation is 1. The number of pyridine rings is 1. The summed E-state index contributed by atoms with van der Waals surface area (Å²) in [6, 6.07) is -0.334. The smallest absolute Gasteiger partial charge is 0.410 e. The highest BCUT2D eigenvalue weighted by atomic mass is 19.1. The molecule has 2 unspecified atom stereocenters. The van der Waals surface area contributed by atoms with E-state index < -0.39 is 62.8 Å². The first-order valence-corrected chi connectivity index (χ1v) is 23.7. The van der Waals surface area contributed by atoms with Gasteiger partial charge in [0.15, 0.2) is 23.0 Å². The minimum atomic E-state index is -1.96. The number of esters is 1. The summed E-state index contributed by atoms with van der Waals surface area (Å²) >= 11 is 0. The van der Waals surface area contributed by atoms with Crippen molar-refractivity contribution in [3.05, 3.63) is 56.7 Å². The lowest BCUT2D eigenvalue weighted by Gasteiger charge is -2.59. The molecule has 9 atom stereocenters. The number of aromatic nitrogens is 1. The van der Waals surface area contributed by atoms with Gasteiger partial charge in [-0.3, -0.25) is 14.4 Å². The largest absolute Gasteiger partial charge is 0.492 e. The van der Waals surface area contributed by atoms with Crippen molar-refractivity contribution in [3.8, 4) is 5.75 Å². The molecule has 1 aromatic carbocycles. The maximum atomic E-state index is 17.2. The van der Waals surface area contributed by atoms with Crippen LogP contribution in [0.4, 0.5) is 14.9 Å². The number of fused-ring (bicyclic) bond motifs is 7. The number of benzene rings is 1. The number of anilines is 1. The van der Waals surface area contributed by atoms with Gasteiger partial charge in [0.1, 0.15) is 22.5 Å². The van der Waals surface area contributed by atoms with Crippen LogP contribution in [-0.2, 0) is 19.1 Å². The number of carbonyl (C=O) groups is 4. The molecule has 352 valence electrons. The molecule has 13 nitrogen and oxygen atoms in total. The summed E-state index contributed by atoms with van der Waals surface area (Å²) in [4.78, 5) is 73.6. The van der Waals surface area contributed by atoms with Crippen molar-refractivity contribution in [2.45, 2.75) is 155 Å². The summed E-state index contributed by atoms with van der Waals surface area (Å²) in [7, 11) is 1.44. The third-order valence-electron chi connectivity index (χ3n) is 17.0. The van der Waals surface area contributed by atoms with Gasteiger partial charge in [-0.2, -0.15) is 0 Å². The molecule has 9 rings (SSSR count). The van der Waals surface area contributed by atoms with Gasteiger partial charge in [-0.25, -0.2) is 14.0 Å². The molecule has 1 amide bonds. The minimum Gasteiger partial charge on any atom is -0.492 e. The van der Waals surface area contributed by atoms with Gasteiger partial charge in [0.05, 0.1) is 30.2 Å². The highest BCUT2D eigenvalue weighted by Gasteiger charge is 2.70. The van der Waals surface area contributed by atoms with E-state index in [2.05, 4.69) is 6.92 Å². The van der Waals surface area contributed by atoms with Crippen molar-refractivity contribution in [3.63, 3.8) is 0 Å². The molecular weight excluding hydrogens is 834 g/mol. The number of piperidine rings is 1. The number of methoxy groups -OCH3 is 1. The van der Waals surface area contributed by atoms with E-state index in [1.54, 1.807) is 24.0 Å². The van der Waals surface area contributed by atoms with Crippen LogP contribution in [0.3, 0.4) is 0 Å². The van der Waals surface area contributed by atoms with E-state index in [1.807, 2.05) is 43.2 Å². The zero-order valence-corrected chi connectivity index (χ0v) is 39.6. The lowest BCUT2D eigenvalue weighted by molar-refractivity contribution is -0.188. The van der Waals surface area contributed by atoms with Crippen LogP contribution in [0.5, 0.6) is 5.75 Å². The summed E-state index contributed by atoms with van der Waals surface area (Å²) in [5.74, 6) is -2.60. The Morgan fingerprint density at radius 2 is 1.68 bits per heavy atom. The van der Waals surface area contributed by atoms with Crippen LogP contribution < -0.4 is 15.1 Å². The molecule has 2 saturated heterocycles. The summed E-state index contributed by atoms with van der Waals surface area (Å²) < 4.78 is 36.9. The molecule has 14 heteroatoms. The molecule has 2 aromatic rings. The van der Waals surface area contributed by atoms with E-state index >= 15 is 4.39 Å². The molecule has 7 aliphatic rings. The minimum absolute atomic E-state index is 0.0180. The fraction of sp³-hybridized carbons (Fsp3) is 0.667. The van der Waals surface area contributed by atoms with Gasteiger partial charge in [0.2, 0.25) is 11.2 Å². The van der Waals surface area contributed by atoms with E-state index in [0.717, 1.165) is 31.3 Å². The Kier molecular flexibility index (Phi) is 10.7. The van der Waals surface area contributed by atoms with Gasteiger partial charge >= 0.3 is 12.1 Å². The van der Waals surface area contributed by atoms with Crippen LogP contribution in [0.25, 0.3) is 10.9 Å². The molecule has 0 radical (unpaired) electrons. The van der Waals surface area contributed by atoms with Crippen LogP contribution >= 0.6 is 0 Å². The first-order chi connectivity index (χ1) is 30.4. The van der Waals surface area contributed by atoms with Gasteiger partial charge in [-0.05, 0) is 136 Å². The average Bonchev–Trinajstić information content (AvgIpc) is 3.90. The lowest BCUT2D eigenvalue weighted by atomic mass is 9.46. The number of aliphatic hydroxyl groups is 2. The molecule has 0 bridgehead atoms. The lowest BCUT2D eigenvalue weighted by Crippen LogP contribution is -2.64. The van der Waals surface area contributed by atoms with Gasteiger partial charge < -0.3 is 38.8 Å². The predicted molar refractivity (Wildman–Crippen MR) is 242 cm³/mol. The fourth-order valence-electron chi connectivity index (χ4n) is 13.8. The van der Waals surface area contributed by atoms with E-state index in [4.69, 9.17) is 14.2 Å². The Hall–Kier alpha value is -4.56. The SMILES string of the molecule is COc1c(N2CC3CCCN(C(=O)OC(C)(C)C)C3C2)c(F)c(C)c2c(=O)c(C(=O)OC(C)(C)C(=O)[C@@]3(O)CC[C@H]4[C@@H]5CCC6=CC(=O)C=C[C@]6(C)[C@H]5[C@@H](O)C[C@@]43C)c(C)n(C3CC3)c12. The molecule has 65 heavy (non-hydrogen) atoms. The molecule has 0 spiro atoms. The van der Waals surface area contributed by atoms with Crippen molar-refractivity contribution in [1.29, 1.82) is 0 Å². The molecule has 2 aliphatic heterocycles. The number of hydrogen-bond donors (Lipinski definition) is 2. The number of halogens is 1. The van der Waals surface area contributed by atoms with Crippen molar-refractivity contribution in [2.24, 2.45) is 34.5 Å². The van der Waals surface area contributed by atoms with Crippen molar-refractivity contribution in [1.82, 2.24) is 9.47 Å². The second-order valence-corrected chi connectivity index (χ2v) is 22.3. The number of ether oxygens (including phenoxy) is 3. The highest BCUT2D eigenvalue weighted by Crippen LogP contribution is 2.67. The number of carbonyl (C=O) groups excluding carboxylic acids is 4.